The van der Waals surface area contributed by atoms with Crippen LogP contribution >= 0.6 is 0 Å². The molecule has 1 fully saturated rings. The van der Waals surface area contributed by atoms with Gasteiger partial charge in [-0.2, -0.15) is 10.4 Å². The van der Waals surface area contributed by atoms with Crippen molar-refractivity contribution in [2.24, 2.45) is 7.05 Å². The van der Waals surface area contributed by atoms with Gasteiger partial charge in [-0.3, -0.25) is 9.48 Å². The zero-order valence-corrected chi connectivity index (χ0v) is 29.1. The molecule has 0 spiro atoms. The number of amides is 1. The van der Waals surface area contributed by atoms with E-state index in [2.05, 4.69) is 73.6 Å². The number of aryl methyl sites for hydroxylation is 1. The molecule has 1 unspecified atom stereocenters. The van der Waals surface area contributed by atoms with E-state index >= 15 is 0 Å². The molecule has 0 saturated carbocycles. The molecule has 1 aromatic carbocycles. The summed E-state index contributed by atoms with van der Waals surface area (Å²) in [6.45, 7) is 17.2. The number of aromatic nitrogens is 4. The number of nitriles is 1. The number of benzene rings is 1. The minimum absolute atomic E-state index is 0.0434. The van der Waals surface area contributed by atoms with E-state index in [4.69, 9.17) is 14.1 Å². The van der Waals surface area contributed by atoms with Crippen molar-refractivity contribution in [2.45, 2.75) is 76.9 Å². The predicted octanol–water partition coefficient (Wildman–Crippen LogP) is 4.61. The van der Waals surface area contributed by atoms with Crippen LogP contribution in [0.25, 0.3) is 11.3 Å². The van der Waals surface area contributed by atoms with Crippen molar-refractivity contribution in [1.29, 1.82) is 5.26 Å². The number of nitrogens with zero attached hydrogens (tertiary/aromatic N) is 6. The maximum absolute atomic E-state index is 12.9. The van der Waals surface area contributed by atoms with Gasteiger partial charge in [0.05, 0.1) is 11.3 Å². The van der Waals surface area contributed by atoms with Crippen molar-refractivity contribution >= 4 is 38.7 Å². The fourth-order valence-corrected chi connectivity index (χ4v) is 6.82. The molecule has 244 valence electrons. The van der Waals surface area contributed by atoms with Crippen molar-refractivity contribution in [2.75, 3.05) is 36.5 Å². The third-order valence-corrected chi connectivity index (χ3v) is 14.0. The summed E-state index contributed by atoms with van der Waals surface area (Å²) in [5.74, 6) is 0.547. The fourth-order valence-electron chi connectivity index (χ4n) is 5.71. The Balaban J connectivity index is 1.43. The third-order valence-electron chi connectivity index (χ3n) is 9.56. The van der Waals surface area contributed by atoms with Gasteiger partial charge >= 0.3 is 7.05 Å². The molecule has 5 rings (SSSR count). The van der Waals surface area contributed by atoms with Gasteiger partial charge in [0.2, 0.25) is 5.95 Å². The number of anilines is 3. The number of hydrogen-bond acceptors (Lipinski definition) is 10. The van der Waals surface area contributed by atoms with E-state index in [1.54, 1.807) is 38.3 Å². The summed E-state index contributed by atoms with van der Waals surface area (Å²) in [6.07, 6.45) is 3.21. The van der Waals surface area contributed by atoms with Crippen LogP contribution in [0.5, 0.6) is 0 Å². The zero-order chi connectivity index (χ0) is 33.4. The molecule has 4 heterocycles. The zero-order valence-electron chi connectivity index (χ0n) is 28.1. The van der Waals surface area contributed by atoms with E-state index in [1.165, 1.54) is 4.68 Å². The van der Waals surface area contributed by atoms with Crippen molar-refractivity contribution in [3.8, 4) is 17.3 Å². The molecule has 0 aliphatic carbocycles. The van der Waals surface area contributed by atoms with Crippen LogP contribution in [0.3, 0.4) is 0 Å². The quantitative estimate of drug-likeness (QED) is 0.282. The normalized spacial score (nSPS) is 18.7. The van der Waals surface area contributed by atoms with Gasteiger partial charge in [0.15, 0.2) is 14.1 Å². The van der Waals surface area contributed by atoms with E-state index in [-0.39, 0.29) is 17.0 Å². The second kappa shape index (κ2) is 12.8. The molecule has 0 radical (unpaired) electrons. The molecular weight excluding hydrogens is 599 g/mol. The van der Waals surface area contributed by atoms with Crippen LogP contribution in [0.2, 0.25) is 25.0 Å². The van der Waals surface area contributed by atoms with Crippen LogP contribution in [-0.4, -0.2) is 78.5 Å². The largest absolute Gasteiger partial charge is 0.432 e. The monoisotopic (exact) mass is 644 g/mol. The minimum atomic E-state index is -2.07. The molecule has 3 N–H and O–H groups in total. The summed E-state index contributed by atoms with van der Waals surface area (Å²) < 4.78 is 13.6. The summed E-state index contributed by atoms with van der Waals surface area (Å²) >= 11 is 0. The average molecular weight is 645 g/mol. The van der Waals surface area contributed by atoms with Crippen LogP contribution in [0, 0.1) is 11.3 Å². The Bertz CT molecular complexity index is 1640. The lowest BCUT2D eigenvalue weighted by atomic mass is 9.83. The van der Waals surface area contributed by atoms with Crippen LogP contribution < -0.4 is 15.4 Å². The van der Waals surface area contributed by atoms with Crippen molar-refractivity contribution in [1.82, 2.24) is 25.1 Å². The van der Waals surface area contributed by atoms with Gasteiger partial charge in [0.1, 0.15) is 11.8 Å². The Morgan fingerprint density at radius 2 is 2.00 bits per heavy atom. The molecule has 2 aliphatic rings. The van der Waals surface area contributed by atoms with Crippen LogP contribution in [0.4, 0.5) is 17.5 Å². The highest BCUT2D eigenvalue weighted by Crippen LogP contribution is 2.47. The van der Waals surface area contributed by atoms with Gasteiger partial charge in [-0.1, -0.05) is 27.7 Å². The second-order valence-electron chi connectivity index (χ2n) is 14.2. The molecule has 1 amide bonds. The van der Waals surface area contributed by atoms with Gasteiger partial charge in [0, 0.05) is 68.4 Å². The first-order valence-electron chi connectivity index (χ1n) is 15.8. The van der Waals surface area contributed by atoms with E-state index in [0.717, 1.165) is 29.7 Å². The summed E-state index contributed by atoms with van der Waals surface area (Å²) in [5.41, 5.74) is 3.46. The Hall–Kier alpha value is -3.77. The van der Waals surface area contributed by atoms with Gasteiger partial charge in [-0.25, -0.2) is 9.97 Å². The predicted molar refractivity (Wildman–Crippen MR) is 182 cm³/mol. The number of nitrogens with one attached hydrogen (secondary N) is 2. The molecule has 46 heavy (non-hydrogen) atoms. The number of fused-ring (bicyclic) bond motifs is 1. The first-order valence-corrected chi connectivity index (χ1v) is 18.7. The SMILES string of the molecule is CB(O)N1CC(C)(CO[Si](C)(C)C(C)(C)C)c2cc(-c3ccnc(Nc4cc(C(=O)NC5CCOCC5)n(C)n4)n3)cc(C#N)c21. The number of rotatable bonds is 9. The highest BCUT2D eigenvalue weighted by atomic mass is 28.4. The molecule has 12 nitrogen and oxygen atoms in total. The minimum Gasteiger partial charge on any atom is -0.432 e. The summed E-state index contributed by atoms with van der Waals surface area (Å²) in [6, 6.07) is 9.76. The lowest BCUT2D eigenvalue weighted by Gasteiger charge is -2.39. The van der Waals surface area contributed by atoms with Gasteiger partial charge in [-0.05, 0) is 61.6 Å². The lowest BCUT2D eigenvalue weighted by molar-refractivity contribution is 0.0692. The number of carbonyl (C=O) groups excluding carboxylic acids is 1. The van der Waals surface area contributed by atoms with Crippen molar-refractivity contribution in [3.05, 3.63) is 47.3 Å². The molecule has 1 atom stereocenters. The topological polar surface area (TPSA) is 150 Å². The highest BCUT2D eigenvalue weighted by Gasteiger charge is 2.46. The Morgan fingerprint density at radius 3 is 2.65 bits per heavy atom. The standard InChI is InChI=1S/C32H45BN8O4Si/c1-31(2,3)46(7,8)45-20-32(4)19-41(33(5)43)28-22(18-34)15-21(16-24(28)32)25-9-12-35-30(37-25)38-27-17-26(40(6)39-27)29(42)36-23-10-13-44-14-11-23/h9,12,15-17,23,43H,10-11,13-14,19-20H2,1-8H3,(H,36,42)(H,35,37,38,39). The first-order chi connectivity index (χ1) is 21.6. The Morgan fingerprint density at radius 1 is 1.28 bits per heavy atom. The molecular formula is C32H45BN8O4Si. The van der Waals surface area contributed by atoms with Crippen molar-refractivity contribution in [3.63, 3.8) is 0 Å². The van der Waals surface area contributed by atoms with E-state index in [9.17, 15) is 15.1 Å². The number of carbonyl (C=O) groups is 1. The third kappa shape index (κ3) is 6.83. The molecule has 14 heteroatoms. The smallest absolute Gasteiger partial charge is 0.409 e. The van der Waals surface area contributed by atoms with Crippen LogP contribution in [0.1, 0.15) is 62.2 Å². The lowest BCUT2D eigenvalue weighted by Crippen LogP contribution is -2.47. The first kappa shape index (κ1) is 33.6. The van der Waals surface area contributed by atoms with Gasteiger partial charge in [-0.15, -0.1) is 0 Å². The van der Waals surface area contributed by atoms with Crippen molar-refractivity contribution < 1.29 is 19.0 Å². The number of ether oxygens (including phenoxy) is 1. The summed E-state index contributed by atoms with van der Waals surface area (Å²) in [4.78, 5) is 24.0. The second-order valence-corrected chi connectivity index (χ2v) is 19.0. The Kier molecular flexibility index (Phi) is 9.34. The maximum Gasteiger partial charge on any atom is 0.409 e. The van der Waals surface area contributed by atoms with E-state index in [1.807, 2.05) is 4.81 Å². The maximum atomic E-state index is 12.9. The molecule has 3 aromatic rings. The molecule has 2 aliphatic heterocycles. The van der Waals surface area contributed by atoms with Gasteiger partial charge in [0.25, 0.3) is 5.91 Å². The van der Waals surface area contributed by atoms with Crippen LogP contribution in [0.15, 0.2) is 30.5 Å². The molecule has 2 aromatic heterocycles. The van der Waals surface area contributed by atoms with E-state index in [0.29, 0.717) is 55.1 Å². The average Bonchev–Trinajstić information content (AvgIpc) is 3.52. The summed E-state index contributed by atoms with van der Waals surface area (Å²) in [5, 5.41) is 31.7. The molecule has 1 saturated heterocycles. The van der Waals surface area contributed by atoms with E-state index < -0.39 is 20.8 Å². The number of hydrogen-bond donors (Lipinski definition) is 3. The Labute approximate surface area is 272 Å². The molecule has 0 bridgehead atoms. The van der Waals surface area contributed by atoms with Crippen LogP contribution in [-0.2, 0) is 21.6 Å². The summed E-state index contributed by atoms with van der Waals surface area (Å²) in [7, 11) is -1.12. The fraction of sp³-hybridized carbons (Fsp3) is 0.531. The highest BCUT2D eigenvalue weighted by molar-refractivity contribution is 6.74. The van der Waals surface area contributed by atoms with Gasteiger partial charge < -0.3 is 29.6 Å².